The number of hydrogen-bond acceptors (Lipinski definition) is 6. The first-order valence-electron chi connectivity index (χ1n) is 6.06. The second-order valence-electron chi connectivity index (χ2n) is 4.65. The van der Waals surface area contributed by atoms with E-state index in [9.17, 15) is 0 Å². The van der Waals surface area contributed by atoms with Crippen LogP contribution in [0.1, 0.15) is 31.2 Å². The SMILES string of the molecule is CC1(c2noc(-c3ccc(C#N)cn3)n2)CCCO1. The smallest absolute Gasteiger partial charge is 0.276 e. The van der Waals surface area contributed by atoms with E-state index in [4.69, 9.17) is 14.5 Å². The third-order valence-electron chi connectivity index (χ3n) is 3.23. The van der Waals surface area contributed by atoms with Crippen LogP contribution in [0.4, 0.5) is 0 Å². The molecule has 1 fully saturated rings. The summed E-state index contributed by atoms with van der Waals surface area (Å²) < 4.78 is 10.9. The second kappa shape index (κ2) is 4.44. The fourth-order valence-corrected chi connectivity index (χ4v) is 2.08. The third-order valence-corrected chi connectivity index (χ3v) is 3.23. The van der Waals surface area contributed by atoms with Crippen LogP contribution in [0.25, 0.3) is 11.6 Å². The fraction of sp³-hybridized carbons (Fsp3) is 0.385. The van der Waals surface area contributed by atoms with Crippen LogP contribution in [0.5, 0.6) is 0 Å². The van der Waals surface area contributed by atoms with E-state index in [1.54, 1.807) is 12.1 Å². The first-order valence-corrected chi connectivity index (χ1v) is 6.06. The number of nitrogens with zero attached hydrogens (tertiary/aromatic N) is 4. The maximum absolute atomic E-state index is 8.72. The first kappa shape index (κ1) is 11.8. The van der Waals surface area contributed by atoms with Crippen LogP contribution in [-0.2, 0) is 10.3 Å². The maximum atomic E-state index is 8.72. The van der Waals surface area contributed by atoms with Crippen LogP contribution >= 0.6 is 0 Å². The maximum Gasteiger partial charge on any atom is 0.276 e. The lowest BCUT2D eigenvalue weighted by atomic mass is 10.0. The molecule has 1 aliphatic heterocycles. The first-order chi connectivity index (χ1) is 9.21. The molecule has 6 nitrogen and oxygen atoms in total. The Balaban J connectivity index is 1.90. The second-order valence-corrected chi connectivity index (χ2v) is 4.65. The molecular formula is C13H12N4O2. The summed E-state index contributed by atoms with van der Waals surface area (Å²) in [5, 5.41) is 12.7. The molecular weight excluding hydrogens is 244 g/mol. The van der Waals surface area contributed by atoms with Gasteiger partial charge in [0.25, 0.3) is 5.89 Å². The minimum absolute atomic E-state index is 0.344. The molecule has 1 aliphatic rings. The van der Waals surface area contributed by atoms with Gasteiger partial charge < -0.3 is 9.26 Å². The van der Waals surface area contributed by atoms with Crippen molar-refractivity contribution in [3.63, 3.8) is 0 Å². The van der Waals surface area contributed by atoms with Crippen molar-refractivity contribution < 1.29 is 9.26 Å². The summed E-state index contributed by atoms with van der Waals surface area (Å²) in [5.74, 6) is 0.891. The van der Waals surface area contributed by atoms with Gasteiger partial charge >= 0.3 is 0 Å². The summed E-state index contributed by atoms with van der Waals surface area (Å²) in [6.07, 6.45) is 3.36. The Morgan fingerprint density at radius 1 is 1.42 bits per heavy atom. The summed E-state index contributed by atoms with van der Waals surface area (Å²) in [7, 11) is 0. The summed E-state index contributed by atoms with van der Waals surface area (Å²) in [4.78, 5) is 8.46. The van der Waals surface area contributed by atoms with Gasteiger partial charge in [-0.1, -0.05) is 5.16 Å². The van der Waals surface area contributed by atoms with Gasteiger partial charge in [-0.25, -0.2) is 4.98 Å². The molecule has 0 bridgehead atoms. The average Bonchev–Trinajstić information content (AvgIpc) is 3.08. The Morgan fingerprint density at radius 3 is 2.95 bits per heavy atom. The Bertz CT molecular complexity index is 621. The van der Waals surface area contributed by atoms with Gasteiger partial charge in [-0.2, -0.15) is 10.2 Å². The van der Waals surface area contributed by atoms with E-state index in [-0.39, 0.29) is 0 Å². The number of rotatable bonds is 2. The summed E-state index contributed by atoms with van der Waals surface area (Å²) in [5.41, 5.74) is 0.586. The molecule has 3 heterocycles. The summed E-state index contributed by atoms with van der Waals surface area (Å²) >= 11 is 0. The normalized spacial score (nSPS) is 22.3. The van der Waals surface area contributed by atoms with E-state index in [0.717, 1.165) is 19.4 Å². The minimum Gasteiger partial charge on any atom is -0.367 e. The van der Waals surface area contributed by atoms with Gasteiger partial charge in [-0.05, 0) is 31.9 Å². The van der Waals surface area contributed by atoms with Crippen molar-refractivity contribution in [1.82, 2.24) is 15.1 Å². The van der Waals surface area contributed by atoms with E-state index in [1.165, 1.54) is 6.20 Å². The standard InChI is InChI=1S/C13H12N4O2/c1-13(5-2-6-18-13)12-16-11(19-17-12)10-4-3-9(7-14)8-15-10/h3-4,8H,2,5-6H2,1H3. The Hall–Kier alpha value is -2.26. The summed E-state index contributed by atoms with van der Waals surface area (Å²) in [6, 6.07) is 5.37. The molecule has 0 aromatic carbocycles. The Labute approximate surface area is 110 Å². The van der Waals surface area contributed by atoms with Gasteiger partial charge in [0.15, 0.2) is 0 Å². The van der Waals surface area contributed by atoms with E-state index < -0.39 is 5.60 Å². The average molecular weight is 256 g/mol. The van der Waals surface area contributed by atoms with E-state index in [1.807, 2.05) is 13.0 Å². The molecule has 0 aliphatic carbocycles. The van der Waals surface area contributed by atoms with Crippen molar-refractivity contribution in [1.29, 1.82) is 5.26 Å². The van der Waals surface area contributed by atoms with Crippen LogP contribution < -0.4 is 0 Å². The molecule has 96 valence electrons. The van der Waals surface area contributed by atoms with E-state index in [2.05, 4.69) is 15.1 Å². The number of hydrogen-bond donors (Lipinski definition) is 0. The molecule has 1 atom stereocenters. The van der Waals surface area contributed by atoms with Crippen LogP contribution in [-0.4, -0.2) is 21.7 Å². The largest absolute Gasteiger partial charge is 0.367 e. The molecule has 0 radical (unpaired) electrons. The van der Waals surface area contributed by atoms with Crippen molar-refractivity contribution in [3.05, 3.63) is 29.7 Å². The predicted molar refractivity (Wildman–Crippen MR) is 64.8 cm³/mol. The topological polar surface area (TPSA) is 84.8 Å². The summed E-state index contributed by atoms with van der Waals surface area (Å²) in [6.45, 7) is 2.68. The zero-order valence-electron chi connectivity index (χ0n) is 10.5. The fourth-order valence-electron chi connectivity index (χ4n) is 2.08. The molecule has 0 spiro atoms. The van der Waals surface area contributed by atoms with Gasteiger partial charge in [-0.15, -0.1) is 0 Å². The number of ether oxygens (including phenoxy) is 1. The van der Waals surface area contributed by atoms with Gasteiger partial charge in [0.2, 0.25) is 5.82 Å². The van der Waals surface area contributed by atoms with Gasteiger partial charge in [0.1, 0.15) is 17.4 Å². The van der Waals surface area contributed by atoms with Crippen molar-refractivity contribution in [2.45, 2.75) is 25.4 Å². The zero-order valence-corrected chi connectivity index (χ0v) is 10.5. The molecule has 0 N–H and O–H groups in total. The van der Waals surface area contributed by atoms with E-state index >= 15 is 0 Å². The lowest BCUT2D eigenvalue weighted by Gasteiger charge is -2.17. The van der Waals surface area contributed by atoms with Crippen molar-refractivity contribution in [3.8, 4) is 17.7 Å². The highest BCUT2D eigenvalue weighted by molar-refractivity contribution is 5.47. The Kier molecular flexibility index (Phi) is 2.76. The van der Waals surface area contributed by atoms with Gasteiger partial charge in [-0.3, -0.25) is 0 Å². The highest BCUT2D eigenvalue weighted by atomic mass is 16.5. The van der Waals surface area contributed by atoms with Crippen LogP contribution in [0.2, 0.25) is 0 Å². The molecule has 6 heteroatoms. The molecule has 0 saturated carbocycles. The van der Waals surface area contributed by atoms with Gasteiger partial charge in [0, 0.05) is 12.8 Å². The van der Waals surface area contributed by atoms with E-state index in [0.29, 0.717) is 23.0 Å². The van der Waals surface area contributed by atoms with Crippen LogP contribution in [0.15, 0.2) is 22.9 Å². The lowest BCUT2D eigenvalue weighted by molar-refractivity contribution is 0.00768. The Morgan fingerprint density at radius 2 is 2.32 bits per heavy atom. The molecule has 2 aromatic rings. The lowest BCUT2D eigenvalue weighted by Crippen LogP contribution is -2.21. The predicted octanol–water partition coefficient (Wildman–Crippen LogP) is 2.03. The van der Waals surface area contributed by atoms with Crippen molar-refractivity contribution in [2.24, 2.45) is 0 Å². The minimum atomic E-state index is -0.464. The molecule has 1 unspecified atom stereocenters. The van der Waals surface area contributed by atoms with Crippen LogP contribution in [0, 0.1) is 11.3 Å². The number of nitriles is 1. The molecule has 3 rings (SSSR count). The van der Waals surface area contributed by atoms with Crippen molar-refractivity contribution >= 4 is 0 Å². The van der Waals surface area contributed by atoms with Gasteiger partial charge in [0.05, 0.1) is 5.56 Å². The highest BCUT2D eigenvalue weighted by Crippen LogP contribution is 2.34. The number of pyridine rings is 1. The molecule has 1 saturated heterocycles. The monoisotopic (exact) mass is 256 g/mol. The number of aromatic nitrogens is 3. The quantitative estimate of drug-likeness (QED) is 0.817. The van der Waals surface area contributed by atoms with Crippen molar-refractivity contribution in [2.75, 3.05) is 6.61 Å². The molecule has 2 aromatic heterocycles. The highest BCUT2D eigenvalue weighted by Gasteiger charge is 2.36. The zero-order chi connectivity index (χ0) is 13.3. The molecule has 19 heavy (non-hydrogen) atoms. The molecule has 0 amide bonds. The third kappa shape index (κ3) is 2.09. The van der Waals surface area contributed by atoms with Crippen LogP contribution in [0.3, 0.4) is 0 Å².